The first-order valence-electron chi connectivity index (χ1n) is 8.45. The lowest BCUT2D eigenvalue weighted by molar-refractivity contribution is -0.127. The van der Waals surface area contributed by atoms with Gasteiger partial charge in [0.2, 0.25) is 0 Å². The van der Waals surface area contributed by atoms with E-state index in [0.717, 1.165) is 13.0 Å². The number of nitrogens with zero attached hydrogens (tertiary/aromatic N) is 1. The molecular weight excluding hydrogens is 316 g/mol. The molecule has 2 aromatic rings. The second-order valence-corrected chi connectivity index (χ2v) is 5.84. The van der Waals surface area contributed by atoms with Crippen molar-refractivity contribution in [3.63, 3.8) is 0 Å². The van der Waals surface area contributed by atoms with E-state index in [1.807, 2.05) is 37.4 Å². The number of rotatable bonds is 9. The minimum Gasteiger partial charge on any atom is -0.497 e. The molecule has 0 unspecified atom stereocenters. The third-order valence-corrected chi connectivity index (χ3v) is 3.89. The Kier molecular flexibility index (Phi) is 7.14. The predicted molar refractivity (Wildman–Crippen MR) is 100 cm³/mol. The van der Waals surface area contributed by atoms with Gasteiger partial charge in [0.25, 0.3) is 5.91 Å². The van der Waals surface area contributed by atoms with Gasteiger partial charge in [-0.1, -0.05) is 24.3 Å². The Morgan fingerprint density at radius 2 is 1.84 bits per heavy atom. The van der Waals surface area contributed by atoms with Crippen molar-refractivity contribution in [2.45, 2.75) is 19.4 Å². The molecule has 0 saturated heterocycles. The molecule has 5 heteroatoms. The fourth-order valence-electron chi connectivity index (χ4n) is 2.42. The number of hydrogen-bond donors (Lipinski definition) is 1. The van der Waals surface area contributed by atoms with E-state index >= 15 is 0 Å². The number of nitrogens with one attached hydrogen (secondary N) is 1. The molecule has 0 aromatic heterocycles. The molecule has 0 aliphatic carbocycles. The second-order valence-electron chi connectivity index (χ2n) is 5.84. The lowest BCUT2D eigenvalue weighted by Gasteiger charge is -2.20. The van der Waals surface area contributed by atoms with Gasteiger partial charge in [-0.25, -0.2) is 0 Å². The van der Waals surface area contributed by atoms with E-state index in [0.29, 0.717) is 18.0 Å². The number of benzene rings is 2. The highest BCUT2D eigenvalue weighted by molar-refractivity contribution is 5.80. The fourth-order valence-corrected chi connectivity index (χ4v) is 2.42. The van der Waals surface area contributed by atoms with Crippen LogP contribution >= 0.6 is 0 Å². The number of amides is 1. The normalized spacial score (nSPS) is 11.5. The summed E-state index contributed by atoms with van der Waals surface area (Å²) in [5, 5.41) is 2.92. The van der Waals surface area contributed by atoms with Gasteiger partial charge in [0.1, 0.15) is 11.5 Å². The summed E-state index contributed by atoms with van der Waals surface area (Å²) in [4.78, 5) is 14.3. The Morgan fingerprint density at radius 1 is 1.12 bits per heavy atom. The Morgan fingerprint density at radius 3 is 2.56 bits per heavy atom. The molecule has 5 nitrogen and oxygen atoms in total. The summed E-state index contributed by atoms with van der Waals surface area (Å²) in [5.41, 5.74) is 1.17. The van der Waals surface area contributed by atoms with Gasteiger partial charge < -0.3 is 19.7 Å². The zero-order valence-electron chi connectivity index (χ0n) is 15.1. The van der Waals surface area contributed by atoms with E-state index in [2.05, 4.69) is 22.3 Å². The van der Waals surface area contributed by atoms with Crippen molar-refractivity contribution in [2.75, 3.05) is 32.1 Å². The summed E-state index contributed by atoms with van der Waals surface area (Å²) >= 11 is 0. The molecule has 2 rings (SSSR count). The zero-order chi connectivity index (χ0) is 18.1. The monoisotopic (exact) mass is 342 g/mol. The lowest BCUT2D eigenvalue weighted by Crippen LogP contribution is -2.37. The largest absolute Gasteiger partial charge is 0.497 e. The van der Waals surface area contributed by atoms with Crippen molar-refractivity contribution in [2.24, 2.45) is 0 Å². The van der Waals surface area contributed by atoms with Crippen LogP contribution in [-0.4, -0.2) is 39.3 Å². The van der Waals surface area contributed by atoms with Crippen molar-refractivity contribution >= 4 is 11.6 Å². The summed E-state index contributed by atoms with van der Waals surface area (Å²) in [6.45, 7) is 3.22. The lowest BCUT2D eigenvalue weighted by atomic mass is 10.3. The Labute approximate surface area is 149 Å². The van der Waals surface area contributed by atoms with Crippen molar-refractivity contribution in [3.8, 4) is 11.5 Å². The minimum absolute atomic E-state index is 0.120. The van der Waals surface area contributed by atoms with Crippen molar-refractivity contribution < 1.29 is 14.3 Å². The summed E-state index contributed by atoms with van der Waals surface area (Å²) < 4.78 is 10.8. The summed E-state index contributed by atoms with van der Waals surface area (Å²) in [6.07, 6.45) is 0.308. The van der Waals surface area contributed by atoms with Crippen LogP contribution in [0.25, 0.3) is 0 Å². The summed E-state index contributed by atoms with van der Waals surface area (Å²) in [6, 6.07) is 17.4. The number of hydrogen-bond acceptors (Lipinski definition) is 4. The van der Waals surface area contributed by atoms with E-state index in [4.69, 9.17) is 9.47 Å². The van der Waals surface area contributed by atoms with Crippen LogP contribution in [-0.2, 0) is 4.79 Å². The zero-order valence-corrected chi connectivity index (χ0v) is 15.1. The molecule has 134 valence electrons. The maximum Gasteiger partial charge on any atom is 0.260 e. The smallest absolute Gasteiger partial charge is 0.260 e. The van der Waals surface area contributed by atoms with Crippen LogP contribution in [0.2, 0.25) is 0 Å². The van der Waals surface area contributed by atoms with Crippen LogP contribution in [0.15, 0.2) is 54.6 Å². The number of carbonyl (C=O) groups excluding carboxylic acids is 1. The highest BCUT2D eigenvalue weighted by Crippen LogP contribution is 2.19. The van der Waals surface area contributed by atoms with E-state index < -0.39 is 6.10 Å². The van der Waals surface area contributed by atoms with Crippen molar-refractivity contribution in [1.29, 1.82) is 0 Å². The van der Waals surface area contributed by atoms with Crippen LogP contribution in [0.5, 0.6) is 11.5 Å². The van der Waals surface area contributed by atoms with E-state index in [1.54, 1.807) is 26.2 Å². The molecule has 25 heavy (non-hydrogen) atoms. The number of para-hydroxylation sites is 1. The maximum absolute atomic E-state index is 12.1. The number of ether oxygens (including phenoxy) is 2. The van der Waals surface area contributed by atoms with Gasteiger partial charge in [-0.2, -0.15) is 0 Å². The van der Waals surface area contributed by atoms with Gasteiger partial charge in [-0.05, 0) is 37.6 Å². The molecule has 0 aliphatic heterocycles. The second kappa shape index (κ2) is 9.57. The first-order chi connectivity index (χ1) is 12.1. The van der Waals surface area contributed by atoms with Gasteiger partial charge in [-0.3, -0.25) is 4.79 Å². The van der Waals surface area contributed by atoms with E-state index in [-0.39, 0.29) is 5.91 Å². The van der Waals surface area contributed by atoms with E-state index in [9.17, 15) is 4.79 Å². The highest BCUT2D eigenvalue weighted by atomic mass is 16.5. The molecule has 0 fully saturated rings. The first-order valence-corrected chi connectivity index (χ1v) is 8.45. The summed E-state index contributed by atoms with van der Waals surface area (Å²) in [7, 11) is 3.65. The van der Waals surface area contributed by atoms with E-state index in [1.165, 1.54) is 5.69 Å². The van der Waals surface area contributed by atoms with Gasteiger partial charge >= 0.3 is 0 Å². The minimum atomic E-state index is -0.557. The van der Waals surface area contributed by atoms with Crippen molar-refractivity contribution in [1.82, 2.24) is 5.32 Å². The topological polar surface area (TPSA) is 50.8 Å². The average Bonchev–Trinajstić information content (AvgIpc) is 2.65. The third-order valence-electron chi connectivity index (χ3n) is 3.89. The van der Waals surface area contributed by atoms with Crippen LogP contribution in [0.3, 0.4) is 0 Å². The summed E-state index contributed by atoms with van der Waals surface area (Å²) in [5.74, 6) is 1.20. The Balaban J connectivity index is 1.70. The molecule has 1 amide bonds. The molecule has 0 bridgehead atoms. The van der Waals surface area contributed by atoms with Crippen molar-refractivity contribution in [3.05, 3.63) is 54.6 Å². The standard InChI is InChI=1S/C20H26N2O3/c1-16(25-19-12-7-11-18(15-19)24-3)20(23)21-13-8-14-22(2)17-9-5-4-6-10-17/h4-7,9-12,15-16H,8,13-14H2,1-3H3,(H,21,23)/t16-/m1/s1. The highest BCUT2D eigenvalue weighted by Gasteiger charge is 2.14. The van der Waals surface area contributed by atoms with Crippen LogP contribution in [0.4, 0.5) is 5.69 Å². The van der Waals surface area contributed by atoms with Gasteiger partial charge in [0, 0.05) is 31.9 Å². The van der Waals surface area contributed by atoms with Gasteiger partial charge in [0.15, 0.2) is 6.10 Å². The molecular formula is C20H26N2O3. The van der Waals surface area contributed by atoms with Crippen LogP contribution < -0.4 is 19.7 Å². The molecule has 0 heterocycles. The van der Waals surface area contributed by atoms with Gasteiger partial charge in [-0.15, -0.1) is 0 Å². The number of carbonyl (C=O) groups is 1. The predicted octanol–water partition coefficient (Wildman–Crippen LogP) is 3.11. The average molecular weight is 342 g/mol. The molecule has 1 atom stereocenters. The SMILES string of the molecule is COc1cccc(O[C@H](C)C(=O)NCCCN(C)c2ccccc2)c1. The third kappa shape index (κ3) is 6.03. The van der Waals surface area contributed by atoms with Crippen LogP contribution in [0.1, 0.15) is 13.3 Å². The maximum atomic E-state index is 12.1. The Bertz CT molecular complexity index is 661. The number of methoxy groups -OCH3 is 1. The molecule has 0 saturated carbocycles. The number of anilines is 1. The van der Waals surface area contributed by atoms with Gasteiger partial charge in [0.05, 0.1) is 7.11 Å². The molecule has 1 N–H and O–H groups in total. The molecule has 2 aromatic carbocycles. The van der Waals surface area contributed by atoms with Crippen LogP contribution in [0, 0.1) is 0 Å². The molecule has 0 aliphatic rings. The Hall–Kier alpha value is -2.69. The molecule has 0 spiro atoms. The quantitative estimate of drug-likeness (QED) is 0.712. The molecule has 0 radical (unpaired) electrons. The first kappa shape index (κ1) is 18.6. The fraction of sp³-hybridized carbons (Fsp3) is 0.350.